The molecule has 1 aliphatic heterocycles. The van der Waals surface area contributed by atoms with Crippen molar-refractivity contribution in [1.82, 2.24) is 5.32 Å². The zero-order chi connectivity index (χ0) is 15.4. The monoisotopic (exact) mass is 366 g/mol. The quantitative estimate of drug-likeness (QED) is 0.634. The number of benzene rings is 1. The van der Waals surface area contributed by atoms with Gasteiger partial charge >= 0.3 is 0 Å². The molecule has 0 atom stereocenters. The molecule has 1 fully saturated rings. The number of terminal acetylenes is 1. The molecule has 1 amide bonds. The van der Waals surface area contributed by atoms with Gasteiger partial charge in [0.25, 0.3) is 5.91 Å². The number of methoxy groups -OCH3 is 1. The van der Waals surface area contributed by atoms with Crippen LogP contribution in [0.1, 0.15) is 5.56 Å². The Labute approximate surface area is 134 Å². The number of hydrogen-bond acceptors (Lipinski definition) is 5. The lowest BCUT2D eigenvalue weighted by Gasteiger charge is -2.12. The van der Waals surface area contributed by atoms with E-state index in [0.29, 0.717) is 20.9 Å². The molecule has 1 heterocycles. The first-order valence-corrected chi connectivity index (χ1v) is 7.39. The van der Waals surface area contributed by atoms with Gasteiger partial charge in [-0.25, -0.2) is 0 Å². The van der Waals surface area contributed by atoms with Gasteiger partial charge in [-0.05, 0) is 51.5 Å². The molecule has 108 valence electrons. The van der Waals surface area contributed by atoms with Crippen LogP contribution in [0.5, 0.6) is 11.5 Å². The predicted molar refractivity (Wildman–Crippen MR) is 86.5 cm³/mol. The summed E-state index contributed by atoms with van der Waals surface area (Å²) in [6.07, 6.45) is 6.86. The molecule has 5 nitrogen and oxygen atoms in total. The summed E-state index contributed by atoms with van der Waals surface area (Å²) in [5.74, 6) is 3.12. The fourth-order valence-corrected chi connectivity index (χ4v) is 2.95. The molecule has 0 saturated carbocycles. The third kappa shape index (κ3) is 3.60. The molecule has 0 bridgehead atoms. The van der Waals surface area contributed by atoms with E-state index in [0.717, 1.165) is 17.3 Å². The largest absolute Gasteiger partial charge is 0.493 e. The topological polar surface area (TPSA) is 71.4 Å². The molecule has 0 aliphatic carbocycles. The number of nitrogens with one attached hydrogen (secondary N) is 2. The first-order valence-electron chi connectivity index (χ1n) is 5.78. The smallest absolute Gasteiger partial charge is 0.264 e. The van der Waals surface area contributed by atoms with E-state index in [2.05, 4.69) is 27.2 Å². The first kappa shape index (κ1) is 15.5. The van der Waals surface area contributed by atoms with Crippen molar-refractivity contribution in [2.45, 2.75) is 0 Å². The Morgan fingerprint density at radius 1 is 1.57 bits per heavy atom. The fraction of sp³-hybridized carbons (Fsp3) is 0.143. The van der Waals surface area contributed by atoms with Crippen LogP contribution in [0.2, 0.25) is 0 Å². The maximum atomic E-state index is 11.6. The van der Waals surface area contributed by atoms with Gasteiger partial charge in [0.1, 0.15) is 6.61 Å². The van der Waals surface area contributed by atoms with Gasteiger partial charge in [-0.2, -0.15) is 0 Å². The van der Waals surface area contributed by atoms with Crippen LogP contribution in [-0.2, 0) is 4.79 Å². The lowest BCUT2D eigenvalue weighted by Crippen LogP contribution is -2.18. The third-order valence-corrected chi connectivity index (χ3v) is 3.93. The molecular weight excluding hydrogens is 356 g/mol. The second-order valence-corrected chi connectivity index (χ2v) is 5.83. The molecule has 0 aromatic heterocycles. The number of rotatable bonds is 4. The van der Waals surface area contributed by atoms with Gasteiger partial charge in [0, 0.05) is 0 Å². The Morgan fingerprint density at radius 2 is 2.33 bits per heavy atom. The van der Waals surface area contributed by atoms with E-state index < -0.39 is 0 Å². The lowest BCUT2D eigenvalue weighted by molar-refractivity contribution is -0.115. The average Bonchev–Trinajstić information content (AvgIpc) is 2.75. The Kier molecular flexibility index (Phi) is 4.94. The Balaban J connectivity index is 2.37. The van der Waals surface area contributed by atoms with E-state index in [-0.39, 0.29) is 17.7 Å². The highest BCUT2D eigenvalue weighted by Crippen LogP contribution is 2.38. The van der Waals surface area contributed by atoms with Crippen LogP contribution in [0.3, 0.4) is 0 Å². The number of amides is 1. The number of halogens is 1. The molecule has 1 aromatic carbocycles. The summed E-state index contributed by atoms with van der Waals surface area (Å²) >= 11 is 4.47. The molecule has 0 unspecified atom stereocenters. The van der Waals surface area contributed by atoms with E-state index in [1.807, 2.05) is 0 Å². The highest BCUT2D eigenvalue weighted by Gasteiger charge is 2.22. The van der Waals surface area contributed by atoms with Crippen LogP contribution >= 0.6 is 27.7 Å². The maximum Gasteiger partial charge on any atom is 0.264 e. The van der Waals surface area contributed by atoms with Crippen molar-refractivity contribution in [2.24, 2.45) is 0 Å². The predicted octanol–water partition coefficient (Wildman–Crippen LogP) is 2.61. The number of ether oxygens (including phenoxy) is 2. The van der Waals surface area contributed by atoms with Crippen molar-refractivity contribution in [3.8, 4) is 23.8 Å². The van der Waals surface area contributed by atoms with Crippen LogP contribution in [0, 0.1) is 17.8 Å². The van der Waals surface area contributed by atoms with Crippen molar-refractivity contribution in [3.05, 3.63) is 27.1 Å². The maximum absolute atomic E-state index is 11.6. The van der Waals surface area contributed by atoms with Crippen LogP contribution in [-0.4, -0.2) is 24.8 Å². The molecule has 21 heavy (non-hydrogen) atoms. The van der Waals surface area contributed by atoms with E-state index in [1.54, 1.807) is 18.2 Å². The van der Waals surface area contributed by atoms with Crippen molar-refractivity contribution < 1.29 is 14.3 Å². The van der Waals surface area contributed by atoms with Crippen molar-refractivity contribution in [1.29, 1.82) is 5.41 Å². The number of carbonyl (C=O) groups is 1. The molecule has 1 aromatic rings. The molecule has 1 aliphatic rings. The van der Waals surface area contributed by atoms with Gasteiger partial charge in [-0.1, -0.05) is 5.92 Å². The lowest BCUT2D eigenvalue weighted by atomic mass is 10.2. The minimum Gasteiger partial charge on any atom is -0.493 e. The SMILES string of the molecule is C#CCOc1c(Br)cc(C=C2SC(=N)NC2=O)cc1OC. The summed E-state index contributed by atoms with van der Waals surface area (Å²) in [5, 5.41) is 9.96. The molecule has 1 saturated heterocycles. The summed E-state index contributed by atoms with van der Waals surface area (Å²) in [4.78, 5) is 12.1. The van der Waals surface area contributed by atoms with Gasteiger partial charge in [0.15, 0.2) is 16.7 Å². The molecule has 0 spiro atoms. The zero-order valence-electron chi connectivity index (χ0n) is 11.0. The van der Waals surface area contributed by atoms with Crippen molar-refractivity contribution >= 4 is 44.8 Å². The number of carbonyl (C=O) groups excluding carboxylic acids is 1. The second-order valence-electron chi connectivity index (χ2n) is 3.92. The van der Waals surface area contributed by atoms with Gasteiger partial charge in [-0.15, -0.1) is 6.42 Å². The highest BCUT2D eigenvalue weighted by atomic mass is 79.9. The molecular formula is C14H11BrN2O3S. The summed E-state index contributed by atoms with van der Waals surface area (Å²) in [6, 6.07) is 3.52. The minimum absolute atomic E-state index is 0.117. The average molecular weight is 367 g/mol. The van der Waals surface area contributed by atoms with E-state index in [1.165, 1.54) is 7.11 Å². The van der Waals surface area contributed by atoms with Crippen LogP contribution < -0.4 is 14.8 Å². The van der Waals surface area contributed by atoms with E-state index >= 15 is 0 Å². The van der Waals surface area contributed by atoms with Gasteiger partial charge in [0.05, 0.1) is 16.5 Å². The van der Waals surface area contributed by atoms with Gasteiger partial charge in [-0.3, -0.25) is 10.2 Å². The highest BCUT2D eigenvalue weighted by molar-refractivity contribution is 9.10. The van der Waals surface area contributed by atoms with Gasteiger partial charge < -0.3 is 14.8 Å². The molecule has 0 radical (unpaired) electrons. The van der Waals surface area contributed by atoms with Crippen LogP contribution in [0.25, 0.3) is 6.08 Å². The Morgan fingerprint density at radius 3 is 2.90 bits per heavy atom. The summed E-state index contributed by atoms with van der Waals surface area (Å²) in [5.41, 5.74) is 0.749. The van der Waals surface area contributed by atoms with E-state index in [4.69, 9.17) is 21.3 Å². The summed E-state index contributed by atoms with van der Waals surface area (Å²) in [6.45, 7) is 0.130. The second kappa shape index (κ2) is 6.70. The van der Waals surface area contributed by atoms with Crippen LogP contribution in [0.15, 0.2) is 21.5 Å². The molecule has 7 heteroatoms. The summed E-state index contributed by atoms with van der Waals surface area (Å²) < 4.78 is 11.4. The zero-order valence-corrected chi connectivity index (χ0v) is 13.4. The first-order chi connectivity index (χ1) is 10.0. The summed E-state index contributed by atoms with van der Waals surface area (Å²) in [7, 11) is 1.52. The third-order valence-electron chi connectivity index (χ3n) is 2.51. The van der Waals surface area contributed by atoms with E-state index in [9.17, 15) is 4.79 Å². The van der Waals surface area contributed by atoms with Crippen molar-refractivity contribution in [3.63, 3.8) is 0 Å². The number of thioether (sulfide) groups is 1. The van der Waals surface area contributed by atoms with Gasteiger partial charge in [0.2, 0.25) is 0 Å². The normalized spacial score (nSPS) is 15.8. The number of hydrogen-bond donors (Lipinski definition) is 2. The minimum atomic E-state index is -0.284. The van der Waals surface area contributed by atoms with Crippen LogP contribution in [0.4, 0.5) is 0 Å². The van der Waals surface area contributed by atoms with Crippen molar-refractivity contribution in [2.75, 3.05) is 13.7 Å². The molecule has 2 N–H and O–H groups in total. The fourth-order valence-electron chi connectivity index (χ4n) is 1.67. The Bertz CT molecular complexity index is 680. The molecule has 2 rings (SSSR count). The standard InChI is InChI=1S/C14H11BrN2O3S/c1-3-4-20-12-9(15)5-8(6-10(12)19-2)7-11-13(18)17-14(16)21-11/h1,5-7H,4H2,2H3,(H2,16,17,18). The Hall–Kier alpha value is -1.91. The number of amidine groups is 1.